The molecule has 0 saturated carbocycles. The quantitative estimate of drug-likeness (QED) is 0.532. The van der Waals surface area contributed by atoms with Gasteiger partial charge in [-0.2, -0.15) is 0 Å². The number of amides is 1. The van der Waals surface area contributed by atoms with Crippen molar-refractivity contribution in [3.05, 3.63) is 84.4 Å². The van der Waals surface area contributed by atoms with Crippen LogP contribution >= 0.6 is 0 Å². The van der Waals surface area contributed by atoms with E-state index in [1.54, 1.807) is 61.7 Å². The van der Waals surface area contributed by atoms with E-state index in [1.807, 2.05) is 19.1 Å². The first-order valence-corrected chi connectivity index (χ1v) is 11.4. The number of carbonyl (C=O) groups is 1. The second-order valence-electron chi connectivity index (χ2n) is 7.09. The van der Waals surface area contributed by atoms with Gasteiger partial charge in [0.25, 0.3) is 10.0 Å². The molecule has 8 heteroatoms. The van der Waals surface area contributed by atoms with Crippen LogP contribution in [-0.4, -0.2) is 35.1 Å². The largest absolute Gasteiger partial charge is 0.497 e. The zero-order chi connectivity index (χ0) is 23.1. The van der Waals surface area contributed by atoms with Gasteiger partial charge in [0.05, 0.1) is 30.8 Å². The summed E-state index contributed by atoms with van der Waals surface area (Å²) in [6.45, 7) is 1.45. The number of carbonyl (C=O) groups excluding carboxylic acids is 1. The summed E-state index contributed by atoms with van der Waals surface area (Å²) in [7, 11) is -0.901. The van der Waals surface area contributed by atoms with Crippen LogP contribution in [0.1, 0.15) is 18.5 Å². The fourth-order valence-electron chi connectivity index (χ4n) is 3.19. The number of methoxy groups -OCH3 is 2. The predicted molar refractivity (Wildman–Crippen MR) is 124 cm³/mol. The van der Waals surface area contributed by atoms with Crippen molar-refractivity contribution in [3.8, 4) is 11.5 Å². The minimum absolute atomic E-state index is 0.0961. The number of ether oxygens (including phenoxy) is 2. The molecule has 7 nitrogen and oxygen atoms in total. The summed E-state index contributed by atoms with van der Waals surface area (Å²) in [5.41, 5.74) is 1.21. The lowest BCUT2D eigenvalue weighted by molar-refractivity contribution is -0.120. The average Bonchev–Trinajstić information content (AvgIpc) is 2.83. The molecule has 1 amide bonds. The molecule has 0 aliphatic carbocycles. The number of hydrogen-bond acceptors (Lipinski definition) is 5. The maximum absolute atomic E-state index is 13.4. The third-order valence-electron chi connectivity index (χ3n) is 4.95. The minimum atomic E-state index is -3.98. The number of benzene rings is 3. The SMILES string of the molecule is COc1ccc(C(C)NC(=O)CN(c2cccc(OC)c2)S(=O)(=O)c2ccccc2)cc1. The van der Waals surface area contributed by atoms with Crippen LogP contribution in [0.5, 0.6) is 11.5 Å². The molecule has 1 atom stereocenters. The number of rotatable bonds is 9. The number of anilines is 1. The van der Waals surface area contributed by atoms with Gasteiger partial charge in [-0.15, -0.1) is 0 Å². The molecule has 0 heterocycles. The van der Waals surface area contributed by atoms with Crippen LogP contribution in [0, 0.1) is 0 Å². The number of sulfonamides is 1. The Morgan fingerprint density at radius 2 is 1.56 bits per heavy atom. The number of hydrogen-bond donors (Lipinski definition) is 1. The van der Waals surface area contributed by atoms with Crippen molar-refractivity contribution in [2.75, 3.05) is 25.1 Å². The van der Waals surface area contributed by atoms with E-state index < -0.39 is 15.9 Å². The van der Waals surface area contributed by atoms with Crippen molar-refractivity contribution >= 4 is 21.6 Å². The second-order valence-corrected chi connectivity index (χ2v) is 8.95. The Labute approximate surface area is 188 Å². The van der Waals surface area contributed by atoms with Gasteiger partial charge >= 0.3 is 0 Å². The van der Waals surface area contributed by atoms with Crippen molar-refractivity contribution in [1.29, 1.82) is 0 Å². The Hall–Kier alpha value is -3.52. The van der Waals surface area contributed by atoms with E-state index in [-0.39, 0.29) is 17.5 Å². The van der Waals surface area contributed by atoms with Crippen molar-refractivity contribution in [2.24, 2.45) is 0 Å². The van der Waals surface area contributed by atoms with E-state index >= 15 is 0 Å². The Balaban J connectivity index is 1.87. The van der Waals surface area contributed by atoms with Crippen LogP contribution in [-0.2, 0) is 14.8 Å². The minimum Gasteiger partial charge on any atom is -0.497 e. The van der Waals surface area contributed by atoms with E-state index in [2.05, 4.69) is 5.32 Å². The first-order chi connectivity index (χ1) is 15.3. The van der Waals surface area contributed by atoms with Gasteiger partial charge in [-0.05, 0) is 48.9 Å². The highest BCUT2D eigenvalue weighted by Crippen LogP contribution is 2.27. The summed E-state index contributed by atoms with van der Waals surface area (Å²) in [4.78, 5) is 13.0. The van der Waals surface area contributed by atoms with Crippen LogP contribution in [0.2, 0.25) is 0 Å². The van der Waals surface area contributed by atoms with Gasteiger partial charge in [-0.3, -0.25) is 9.10 Å². The highest BCUT2D eigenvalue weighted by Gasteiger charge is 2.28. The number of nitrogens with zero attached hydrogens (tertiary/aromatic N) is 1. The first-order valence-electron chi connectivity index (χ1n) is 10.0. The summed E-state index contributed by atoms with van der Waals surface area (Å²) in [5.74, 6) is 0.767. The van der Waals surface area contributed by atoms with Crippen molar-refractivity contribution in [1.82, 2.24) is 5.32 Å². The van der Waals surface area contributed by atoms with Crippen molar-refractivity contribution in [2.45, 2.75) is 17.9 Å². The molecule has 168 valence electrons. The van der Waals surface area contributed by atoms with Crippen molar-refractivity contribution in [3.63, 3.8) is 0 Å². The van der Waals surface area contributed by atoms with Crippen LogP contribution in [0.25, 0.3) is 0 Å². The second kappa shape index (κ2) is 10.2. The van der Waals surface area contributed by atoms with E-state index in [9.17, 15) is 13.2 Å². The van der Waals surface area contributed by atoms with Crippen LogP contribution in [0.4, 0.5) is 5.69 Å². The molecular formula is C24H26N2O5S. The fourth-order valence-corrected chi connectivity index (χ4v) is 4.63. The molecule has 0 bridgehead atoms. The molecule has 0 aliphatic heterocycles. The lowest BCUT2D eigenvalue weighted by atomic mass is 10.1. The standard InChI is InChI=1S/C24H26N2O5S/c1-18(19-12-14-21(30-2)15-13-19)25-24(27)17-26(20-8-7-9-22(16-20)31-3)32(28,29)23-10-5-4-6-11-23/h4-16,18H,17H2,1-3H3,(H,25,27). The van der Waals surface area contributed by atoms with Gasteiger partial charge in [0.15, 0.2) is 0 Å². The molecule has 0 aromatic heterocycles. The van der Waals surface area contributed by atoms with E-state index in [4.69, 9.17) is 9.47 Å². The molecule has 1 unspecified atom stereocenters. The lowest BCUT2D eigenvalue weighted by Gasteiger charge is -2.25. The molecule has 3 aromatic rings. The molecule has 3 aromatic carbocycles. The normalized spacial score (nSPS) is 12.0. The summed E-state index contributed by atoms with van der Waals surface area (Å²) >= 11 is 0. The lowest BCUT2D eigenvalue weighted by Crippen LogP contribution is -2.41. The fraction of sp³-hybridized carbons (Fsp3) is 0.208. The highest BCUT2D eigenvalue weighted by atomic mass is 32.2. The Morgan fingerprint density at radius 3 is 2.19 bits per heavy atom. The van der Waals surface area contributed by atoms with Gasteiger partial charge in [0.2, 0.25) is 5.91 Å². The monoisotopic (exact) mass is 454 g/mol. The molecule has 0 aliphatic rings. The van der Waals surface area contributed by atoms with E-state index in [0.29, 0.717) is 17.2 Å². The van der Waals surface area contributed by atoms with Crippen LogP contribution in [0.15, 0.2) is 83.8 Å². The van der Waals surface area contributed by atoms with Crippen LogP contribution in [0.3, 0.4) is 0 Å². The van der Waals surface area contributed by atoms with Gasteiger partial charge < -0.3 is 14.8 Å². The maximum Gasteiger partial charge on any atom is 0.264 e. The van der Waals surface area contributed by atoms with E-state index in [1.165, 1.54) is 19.2 Å². The Bertz CT molecular complexity index is 1150. The topological polar surface area (TPSA) is 84.9 Å². The third kappa shape index (κ3) is 5.39. The molecule has 1 N–H and O–H groups in total. The van der Waals surface area contributed by atoms with Gasteiger partial charge in [0, 0.05) is 6.07 Å². The Morgan fingerprint density at radius 1 is 0.906 bits per heavy atom. The zero-order valence-corrected chi connectivity index (χ0v) is 19.0. The van der Waals surface area contributed by atoms with Gasteiger partial charge in [-0.25, -0.2) is 8.42 Å². The van der Waals surface area contributed by atoms with Gasteiger partial charge in [-0.1, -0.05) is 36.4 Å². The molecule has 0 spiro atoms. The van der Waals surface area contributed by atoms with Crippen molar-refractivity contribution < 1.29 is 22.7 Å². The first kappa shape index (κ1) is 23.1. The molecule has 32 heavy (non-hydrogen) atoms. The van der Waals surface area contributed by atoms with Crippen LogP contribution < -0.4 is 19.1 Å². The summed E-state index contributed by atoms with van der Waals surface area (Å²) in [6, 6.07) is 21.6. The smallest absolute Gasteiger partial charge is 0.264 e. The van der Waals surface area contributed by atoms with E-state index in [0.717, 1.165) is 9.87 Å². The molecule has 0 fully saturated rings. The molecule has 0 radical (unpaired) electrons. The number of nitrogens with one attached hydrogen (secondary N) is 1. The molecule has 3 rings (SSSR count). The van der Waals surface area contributed by atoms with Gasteiger partial charge in [0.1, 0.15) is 18.0 Å². The highest BCUT2D eigenvalue weighted by molar-refractivity contribution is 7.92. The summed E-state index contributed by atoms with van der Waals surface area (Å²) in [6.07, 6.45) is 0. The summed E-state index contributed by atoms with van der Waals surface area (Å²) < 4.78 is 38.3. The molecular weight excluding hydrogens is 428 g/mol. The Kier molecular flexibility index (Phi) is 7.37. The average molecular weight is 455 g/mol. The third-order valence-corrected chi connectivity index (χ3v) is 6.74. The molecule has 0 saturated heterocycles. The summed E-state index contributed by atoms with van der Waals surface area (Å²) in [5, 5.41) is 2.87. The maximum atomic E-state index is 13.4. The zero-order valence-electron chi connectivity index (χ0n) is 18.2. The predicted octanol–water partition coefficient (Wildman–Crippen LogP) is 3.78.